The van der Waals surface area contributed by atoms with Crippen molar-refractivity contribution in [3.63, 3.8) is 0 Å². The van der Waals surface area contributed by atoms with E-state index in [0.717, 1.165) is 0 Å². The summed E-state index contributed by atoms with van der Waals surface area (Å²) < 4.78 is 415. The van der Waals surface area contributed by atoms with Gasteiger partial charge in [0.1, 0.15) is 12.7 Å². The van der Waals surface area contributed by atoms with Gasteiger partial charge in [-0.2, -0.15) is 119 Å². The predicted molar refractivity (Wildman–Crippen MR) is 117 cm³/mol. The third-order valence-corrected chi connectivity index (χ3v) is 5.60. The van der Waals surface area contributed by atoms with Gasteiger partial charge in [0.2, 0.25) is 0 Å². The Kier molecular flexibility index (Phi) is 16.6. The molecule has 0 aliphatic carbocycles. The van der Waals surface area contributed by atoms with E-state index in [-0.39, 0.29) is 0 Å². The summed E-state index contributed by atoms with van der Waals surface area (Å²) in [6.07, 6.45) is -96.5. The molecular weight excluding hydrogens is 962 g/mol. The SMILES string of the molecule is C=C(C)C(=O)OCC(OC(F)(F)C(F)OC(F)(F)C(F)(F)C(F)(F)F)C(OC(F)(F)C(F)OC(F)(F)C(F)(F)C(F)(F)F)OC(F)(F)C(F)OC(F)(F)C(F)(F)C(F)(F)F. The summed E-state index contributed by atoms with van der Waals surface area (Å²) in [5.74, 6) is -25.7. The molecule has 0 aliphatic heterocycles. The van der Waals surface area contributed by atoms with E-state index in [0.29, 0.717) is 6.92 Å². The molecule has 0 fully saturated rings. The summed E-state index contributed by atoms with van der Waals surface area (Å²) in [5.41, 5.74) is -1.18. The molecule has 0 aliphatic rings. The maximum Gasteiger partial charge on any atom is 0.462 e. The highest BCUT2D eigenvalue weighted by atomic mass is 19.4. The van der Waals surface area contributed by atoms with Crippen molar-refractivity contribution in [3.05, 3.63) is 12.2 Å². The minimum Gasteiger partial charge on any atom is -0.459 e. The average molecular weight is 974 g/mol. The Morgan fingerprint density at radius 3 is 0.883 bits per heavy atom. The predicted octanol–water partition coefficient (Wildman–Crippen LogP) is 9.94. The Hall–Kier alpha value is -3.13. The molecule has 0 bridgehead atoms. The van der Waals surface area contributed by atoms with Gasteiger partial charge in [-0.3, -0.25) is 23.7 Å². The van der Waals surface area contributed by atoms with E-state index in [2.05, 4.69) is 25.5 Å². The first-order valence-corrected chi connectivity index (χ1v) is 13.3. The number of esters is 1. The normalized spacial score (nSPS) is 17.9. The fourth-order valence-corrected chi connectivity index (χ4v) is 2.61. The van der Waals surface area contributed by atoms with Gasteiger partial charge >= 0.3 is 78.9 Å². The van der Waals surface area contributed by atoms with Gasteiger partial charge in [0, 0.05) is 5.57 Å². The summed E-state index contributed by atoms with van der Waals surface area (Å²) >= 11 is 0. The van der Waals surface area contributed by atoms with Crippen molar-refractivity contribution in [2.45, 2.75) is 111 Å². The highest BCUT2D eigenvalue weighted by molar-refractivity contribution is 5.86. The lowest BCUT2D eigenvalue weighted by atomic mass is 10.3. The third kappa shape index (κ3) is 12.7. The lowest BCUT2D eigenvalue weighted by molar-refractivity contribution is -0.503. The minimum atomic E-state index is -7.82. The second-order valence-corrected chi connectivity index (χ2v) is 10.4. The number of hydrogen-bond acceptors (Lipinski definition) is 8. The molecule has 0 radical (unpaired) electrons. The summed E-state index contributed by atoms with van der Waals surface area (Å²) in [5, 5.41) is 0. The van der Waals surface area contributed by atoms with Crippen molar-refractivity contribution in [3.8, 4) is 0 Å². The number of halogens is 30. The molecule has 4 atom stereocenters. The second kappa shape index (κ2) is 17.6. The summed E-state index contributed by atoms with van der Waals surface area (Å²) in [7, 11) is 0. The van der Waals surface area contributed by atoms with Crippen LogP contribution in [0.4, 0.5) is 132 Å². The molecule has 0 aromatic carbocycles. The molecule has 0 saturated carbocycles. The zero-order valence-corrected chi connectivity index (χ0v) is 26.9. The highest BCUT2D eigenvalue weighted by Gasteiger charge is 2.78. The van der Waals surface area contributed by atoms with Crippen molar-refractivity contribution in [1.82, 2.24) is 0 Å². The van der Waals surface area contributed by atoms with E-state index in [1.807, 2.05) is 4.74 Å². The van der Waals surface area contributed by atoms with Crippen molar-refractivity contribution in [2.24, 2.45) is 0 Å². The molecule has 0 aromatic heterocycles. The van der Waals surface area contributed by atoms with Gasteiger partial charge in [-0.1, -0.05) is 6.58 Å². The highest BCUT2D eigenvalue weighted by Crippen LogP contribution is 2.52. The summed E-state index contributed by atoms with van der Waals surface area (Å²) in [6, 6.07) is 0. The molecule has 0 amide bonds. The van der Waals surface area contributed by atoms with Gasteiger partial charge in [-0.25, -0.2) is 18.0 Å². The molecular formula is C22H12F30O8. The van der Waals surface area contributed by atoms with Gasteiger partial charge < -0.3 is 9.47 Å². The van der Waals surface area contributed by atoms with E-state index in [4.69, 9.17) is 0 Å². The third-order valence-electron chi connectivity index (χ3n) is 5.60. The van der Waals surface area contributed by atoms with Crippen LogP contribution in [-0.4, -0.2) is 117 Å². The Bertz CT molecular complexity index is 1400. The number of hydrogen-bond donors (Lipinski definition) is 0. The smallest absolute Gasteiger partial charge is 0.459 e. The number of rotatable bonds is 22. The maximum absolute atomic E-state index is 14.4. The van der Waals surface area contributed by atoms with Gasteiger partial charge in [0.15, 0.2) is 6.29 Å². The molecule has 4 unspecified atom stereocenters. The average Bonchev–Trinajstić information content (AvgIpc) is 2.99. The van der Waals surface area contributed by atoms with Gasteiger partial charge in [-0.15, -0.1) is 0 Å². The Balaban J connectivity index is 7.58. The molecule has 0 spiro atoms. The van der Waals surface area contributed by atoms with Crippen LogP contribution >= 0.6 is 0 Å². The van der Waals surface area contributed by atoms with E-state index in [9.17, 15) is 137 Å². The molecule has 0 saturated heterocycles. The van der Waals surface area contributed by atoms with E-state index in [1.54, 1.807) is 9.47 Å². The molecule has 0 N–H and O–H groups in total. The van der Waals surface area contributed by atoms with Crippen molar-refractivity contribution in [1.29, 1.82) is 0 Å². The van der Waals surface area contributed by atoms with Crippen LogP contribution < -0.4 is 0 Å². The molecule has 60 heavy (non-hydrogen) atoms. The first kappa shape index (κ1) is 56.9. The largest absolute Gasteiger partial charge is 0.462 e. The fraction of sp³-hybridized carbons (Fsp3) is 0.864. The molecule has 0 aromatic rings. The zero-order chi connectivity index (χ0) is 48.7. The van der Waals surface area contributed by atoms with Crippen LogP contribution in [0.15, 0.2) is 12.2 Å². The topological polar surface area (TPSA) is 81.7 Å². The van der Waals surface area contributed by atoms with Crippen LogP contribution in [0.25, 0.3) is 0 Å². The van der Waals surface area contributed by atoms with Crippen LogP contribution in [0.5, 0.6) is 0 Å². The van der Waals surface area contributed by atoms with Crippen molar-refractivity contribution >= 4 is 5.97 Å². The van der Waals surface area contributed by atoms with Crippen LogP contribution in [0.1, 0.15) is 6.92 Å². The Morgan fingerprint density at radius 2 is 0.667 bits per heavy atom. The van der Waals surface area contributed by atoms with E-state index >= 15 is 0 Å². The Labute approximate surface area is 307 Å². The lowest BCUT2D eigenvalue weighted by Gasteiger charge is -2.37. The quantitative estimate of drug-likeness (QED) is 0.0460. The standard InChI is InChI=1S/C22H12F30O8/c1-4(2)6(53)54-3-5(55-11(26,27)8(23)58-20(47,48)14(32,33)17(38,39)40)7(56-12(28,29)9(24)59-21(49,50)15(34,35)18(41,42)43)57-13(30,31)10(25)60-22(51,52)16(36,37)19(44,45)46/h5,7-10H,1,3H2,2H3. The monoisotopic (exact) mass is 974 g/mol. The molecule has 0 heterocycles. The first-order valence-electron chi connectivity index (χ1n) is 13.3. The van der Waals surface area contributed by atoms with Gasteiger partial charge in [-0.05, 0) is 6.92 Å². The fourth-order valence-electron chi connectivity index (χ4n) is 2.61. The maximum atomic E-state index is 14.4. The van der Waals surface area contributed by atoms with Crippen molar-refractivity contribution in [2.75, 3.05) is 6.61 Å². The molecule has 38 heteroatoms. The second-order valence-electron chi connectivity index (χ2n) is 10.4. The lowest BCUT2D eigenvalue weighted by Crippen LogP contribution is -2.59. The minimum absolute atomic E-state index is 0.414. The number of carbonyl (C=O) groups is 1. The van der Waals surface area contributed by atoms with Crippen LogP contribution in [0, 0.1) is 0 Å². The van der Waals surface area contributed by atoms with Crippen LogP contribution in [-0.2, 0) is 38.0 Å². The van der Waals surface area contributed by atoms with Crippen LogP contribution in [0.3, 0.4) is 0 Å². The van der Waals surface area contributed by atoms with E-state index < -0.39 is 123 Å². The number of carbonyl (C=O) groups excluding carboxylic acids is 1. The number of ether oxygens (including phenoxy) is 7. The Morgan fingerprint density at radius 1 is 0.433 bits per heavy atom. The summed E-state index contributed by atoms with van der Waals surface area (Å²) in [6.45, 7) is -0.0329. The van der Waals surface area contributed by atoms with Crippen LogP contribution in [0.2, 0.25) is 0 Å². The zero-order valence-electron chi connectivity index (χ0n) is 26.9. The van der Waals surface area contributed by atoms with Gasteiger partial charge in [0.05, 0.1) is 0 Å². The van der Waals surface area contributed by atoms with Gasteiger partial charge in [0.25, 0.3) is 19.1 Å². The number of alkyl halides is 30. The molecule has 8 nitrogen and oxygen atoms in total. The van der Waals surface area contributed by atoms with Crippen molar-refractivity contribution < 1.29 is 170 Å². The molecule has 358 valence electrons. The molecule has 0 rings (SSSR count). The summed E-state index contributed by atoms with van der Waals surface area (Å²) in [4.78, 5) is 11.6. The van der Waals surface area contributed by atoms with E-state index in [1.165, 1.54) is 0 Å². The first-order chi connectivity index (χ1) is 25.9.